The van der Waals surface area contributed by atoms with Crippen LogP contribution in [-0.2, 0) is 6.54 Å². The first-order valence-corrected chi connectivity index (χ1v) is 8.42. The van der Waals surface area contributed by atoms with Crippen molar-refractivity contribution in [2.45, 2.75) is 25.4 Å². The van der Waals surface area contributed by atoms with Crippen LogP contribution in [0.15, 0.2) is 30.5 Å². The van der Waals surface area contributed by atoms with Gasteiger partial charge in [0.15, 0.2) is 0 Å². The highest BCUT2D eigenvalue weighted by molar-refractivity contribution is 6.30. The molecule has 1 saturated heterocycles. The summed E-state index contributed by atoms with van der Waals surface area (Å²) in [7, 11) is 0. The predicted molar refractivity (Wildman–Crippen MR) is 95.2 cm³/mol. The van der Waals surface area contributed by atoms with Gasteiger partial charge in [-0.2, -0.15) is 4.98 Å². The van der Waals surface area contributed by atoms with Crippen LogP contribution in [0.25, 0.3) is 0 Å². The average molecular weight is 363 g/mol. The number of hydrogen-bond acceptors (Lipinski definition) is 6. The van der Waals surface area contributed by atoms with Crippen molar-refractivity contribution >= 4 is 29.3 Å². The van der Waals surface area contributed by atoms with Crippen LogP contribution in [0.1, 0.15) is 28.8 Å². The van der Waals surface area contributed by atoms with E-state index in [1.54, 1.807) is 12.1 Å². The molecule has 0 saturated carbocycles. The Balaban J connectivity index is 1.85. The Morgan fingerprint density at radius 1 is 1.44 bits per heavy atom. The lowest BCUT2D eigenvalue weighted by molar-refractivity contribution is 0.0697. The van der Waals surface area contributed by atoms with Crippen LogP contribution in [0.2, 0.25) is 5.02 Å². The first-order valence-electron chi connectivity index (χ1n) is 8.04. The lowest BCUT2D eigenvalue weighted by atomic mass is 10.2. The van der Waals surface area contributed by atoms with Crippen LogP contribution in [0.4, 0.5) is 11.8 Å². The molecule has 1 fully saturated rings. The van der Waals surface area contributed by atoms with Crippen LogP contribution in [0.3, 0.4) is 0 Å². The van der Waals surface area contributed by atoms with Crippen LogP contribution in [0.5, 0.6) is 0 Å². The number of carbonyl (C=O) groups is 1. The number of halogens is 1. The number of carboxylic acid groups (broad SMARTS) is 1. The molecule has 0 aliphatic carbocycles. The van der Waals surface area contributed by atoms with Gasteiger partial charge in [0.25, 0.3) is 0 Å². The SMILES string of the molecule is O=C(O)c1cnc(N2CCC[C@H]2CO)nc1NCc1cccc(Cl)c1. The van der Waals surface area contributed by atoms with Crippen molar-refractivity contribution in [3.05, 3.63) is 46.6 Å². The third kappa shape index (κ3) is 4.00. The van der Waals surface area contributed by atoms with E-state index in [0.29, 0.717) is 17.5 Å². The van der Waals surface area contributed by atoms with E-state index in [4.69, 9.17) is 11.6 Å². The molecule has 1 aromatic heterocycles. The maximum absolute atomic E-state index is 11.4. The molecule has 0 bridgehead atoms. The molecule has 1 atom stereocenters. The smallest absolute Gasteiger partial charge is 0.341 e. The normalized spacial score (nSPS) is 16.9. The molecule has 25 heavy (non-hydrogen) atoms. The van der Waals surface area contributed by atoms with Gasteiger partial charge in [-0.15, -0.1) is 0 Å². The van der Waals surface area contributed by atoms with E-state index in [1.807, 2.05) is 17.0 Å². The highest BCUT2D eigenvalue weighted by Gasteiger charge is 2.27. The van der Waals surface area contributed by atoms with Gasteiger partial charge < -0.3 is 20.4 Å². The lowest BCUT2D eigenvalue weighted by Gasteiger charge is -2.23. The highest BCUT2D eigenvalue weighted by Crippen LogP contribution is 2.24. The number of aromatic carboxylic acids is 1. The number of rotatable bonds is 6. The van der Waals surface area contributed by atoms with Crippen molar-refractivity contribution in [2.24, 2.45) is 0 Å². The van der Waals surface area contributed by atoms with E-state index in [-0.39, 0.29) is 24.0 Å². The summed E-state index contributed by atoms with van der Waals surface area (Å²) < 4.78 is 0. The summed E-state index contributed by atoms with van der Waals surface area (Å²) in [6.45, 7) is 1.15. The zero-order valence-corrected chi connectivity index (χ0v) is 14.3. The number of aliphatic hydroxyl groups is 1. The average Bonchev–Trinajstić information content (AvgIpc) is 3.08. The summed E-state index contributed by atoms with van der Waals surface area (Å²) in [6.07, 6.45) is 3.12. The first kappa shape index (κ1) is 17.4. The Morgan fingerprint density at radius 3 is 3.00 bits per heavy atom. The highest BCUT2D eigenvalue weighted by atomic mass is 35.5. The van der Waals surface area contributed by atoms with Crippen molar-refractivity contribution in [3.8, 4) is 0 Å². The Morgan fingerprint density at radius 2 is 2.28 bits per heavy atom. The third-order valence-corrected chi connectivity index (χ3v) is 4.44. The minimum Gasteiger partial charge on any atom is -0.477 e. The van der Waals surface area contributed by atoms with Gasteiger partial charge in [-0.05, 0) is 30.5 Å². The van der Waals surface area contributed by atoms with Gasteiger partial charge in [-0.3, -0.25) is 0 Å². The van der Waals surface area contributed by atoms with Crippen molar-refractivity contribution in [3.63, 3.8) is 0 Å². The molecule has 1 aliphatic heterocycles. The quantitative estimate of drug-likeness (QED) is 0.725. The molecule has 2 heterocycles. The van der Waals surface area contributed by atoms with Gasteiger partial charge in [-0.25, -0.2) is 9.78 Å². The summed E-state index contributed by atoms with van der Waals surface area (Å²) in [6, 6.07) is 7.28. The summed E-state index contributed by atoms with van der Waals surface area (Å²) in [5, 5.41) is 22.5. The van der Waals surface area contributed by atoms with Gasteiger partial charge in [-0.1, -0.05) is 23.7 Å². The second-order valence-electron chi connectivity index (χ2n) is 5.89. The zero-order valence-electron chi connectivity index (χ0n) is 13.5. The molecule has 3 N–H and O–H groups in total. The molecule has 3 rings (SSSR count). The monoisotopic (exact) mass is 362 g/mol. The summed E-state index contributed by atoms with van der Waals surface area (Å²) in [5.74, 6) is -0.420. The van der Waals surface area contributed by atoms with Gasteiger partial charge in [0.1, 0.15) is 11.4 Å². The topological polar surface area (TPSA) is 98.6 Å². The molecular formula is C17H19ClN4O3. The number of benzene rings is 1. The van der Waals surface area contributed by atoms with Gasteiger partial charge in [0, 0.05) is 24.3 Å². The van der Waals surface area contributed by atoms with E-state index in [1.165, 1.54) is 6.20 Å². The number of aromatic nitrogens is 2. The predicted octanol–water partition coefficient (Wildman–Crippen LogP) is 2.40. The van der Waals surface area contributed by atoms with Crippen LogP contribution < -0.4 is 10.2 Å². The number of aliphatic hydroxyl groups excluding tert-OH is 1. The molecule has 0 amide bonds. The Labute approximate surface area is 150 Å². The zero-order chi connectivity index (χ0) is 17.8. The molecule has 7 nitrogen and oxygen atoms in total. The van der Waals surface area contributed by atoms with Crippen LogP contribution in [0, 0.1) is 0 Å². The minimum absolute atomic E-state index is 0.00511. The summed E-state index contributed by atoms with van der Waals surface area (Å²) >= 11 is 5.97. The van der Waals surface area contributed by atoms with Gasteiger partial charge in [0.05, 0.1) is 12.6 Å². The lowest BCUT2D eigenvalue weighted by Crippen LogP contribution is -2.33. The van der Waals surface area contributed by atoms with Gasteiger partial charge in [0.2, 0.25) is 5.95 Å². The summed E-state index contributed by atoms with van der Waals surface area (Å²) in [5.41, 5.74) is 0.920. The first-order chi connectivity index (χ1) is 12.1. The van der Waals surface area contributed by atoms with E-state index < -0.39 is 5.97 Å². The largest absolute Gasteiger partial charge is 0.477 e. The number of anilines is 2. The molecule has 0 unspecified atom stereocenters. The van der Waals surface area contributed by atoms with Gasteiger partial charge >= 0.3 is 5.97 Å². The van der Waals surface area contributed by atoms with E-state index in [9.17, 15) is 15.0 Å². The molecule has 0 spiro atoms. The Bertz CT molecular complexity index is 771. The molecule has 1 aromatic carbocycles. The molecule has 1 aliphatic rings. The third-order valence-electron chi connectivity index (χ3n) is 4.20. The number of nitrogens with one attached hydrogen (secondary N) is 1. The maximum atomic E-state index is 11.4. The van der Waals surface area contributed by atoms with Crippen molar-refractivity contribution in [1.82, 2.24) is 9.97 Å². The molecule has 8 heteroatoms. The van der Waals surface area contributed by atoms with E-state index in [0.717, 1.165) is 24.9 Å². The van der Waals surface area contributed by atoms with E-state index in [2.05, 4.69) is 15.3 Å². The summed E-state index contributed by atoms with van der Waals surface area (Å²) in [4.78, 5) is 21.9. The maximum Gasteiger partial charge on any atom is 0.341 e. The second kappa shape index (κ2) is 7.67. The van der Waals surface area contributed by atoms with Crippen molar-refractivity contribution in [1.29, 1.82) is 0 Å². The van der Waals surface area contributed by atoms with E-state index >= 15 is 0 Å². The van der Waals surface area contributed by atoms with Crippen LogP contribution in [-0.4, -0.2) is 45.3 Å². The van der Waals surface area contributed by atoms with Crippen molar-refractivity contribution < 1.29 is 15.0 Å². The molecule has 132 valence electrons. The Hall–Kier alpha value is -2.38. The second-order valence-corrected chi connectivity index (χ2v) is 6.33. The van der Waals surface area contributed by atoms with Crippen molar-refractivity contribution in [2.75, 3.05) is 23.4 Å². The minimum atomic E-state index is -1.10. The van der Waals surface area contributed by atoms with Crippen LogP contribution >= 0.6 is 11.6 Å². The Kier molecular flexibility index (Phi) is 5.35. The number of nitrogens with zero attached hydrogens (tertiary/aromatic N) is 3. The number of carboxylic acids is 1. The molecule has 0 radical (unpaired) electrons. The fourth-order valence-electron chi connectivity index (χ4n) is 2.92. The molecular weight excluding hydrogens is 344 g/mol. The fourth-order valence-corrected chi connectivity index (χ4v) is 3.14. The number of hydrogen-bond donors (Lipinski definition) is 3. The fraction of sp³-hybridized carbons (Fsp3) is 0.353. The standard InChI is InChI=1S/C17H19ClN4O3/c18-12-4-1-3-11(7-12)8-19-15-14(16(24)25)9-20-17(21-15)22-6-2-5-13(22)10-23/h1,3-4,7,9,13,23H,2,5-6,8,10H2,(H,24,25)(H,19,20,21)/t13-/m0/s1. The molecule has 2 aromatic rings.